The highest BCUT2D eigenvalue weighted by atomic mass is 32.2. The number of hydrogen-bond acceptors (Lipinski definition) is 4. The van der Waals surface area contributed by atoms with Crippen LogP contribution in [0.4, 0.5) is 11.4 Å². The summed E-state index contributed by atoms with van der Waals surface area (Å²) >= 11 is 1.71. The molecule has 2 unspecified atom stereocenters. The van der Waals surface area contributed by atoms with Crippen LogP contribution in [0.15, 0.2) is 54.6 Å². The zero-order valence-corrected chi connectivity index (χ0v) is 16.4. The van der Waals surface area contributed by atoms with Gasteiger partial charge < -0.3 is 15.0 Å². The second kappa shape index (κ2) is 8.95. The van der Waals surface area contributed by atoms with E-state index in [1.54, 1.807) is 43.1 Å². The van der Waals surface area contributed by atoms with Crippen molar-refractivity contribution in [3.05, 3.63) is 54.6 Å². The number of thioether (sulfide) groups is 1. The van der Waals surface area contributed by atoms with Crippen molar-refractivity contribution in [1.29, 1.82) is 0 Å². The Kier molecular flexibility index (Phi) is 6.40. The highest BCUT2D eigenvalue weighted by molar-refractivity contribution is 7.98. The van der Waals surface area contributed by atoms with Gasteiger partial charge in [-0.05, 0) is 54.3 Å². The van der Waals surface area contributed by atoms with E-state index in [9.17, 15) is 9.59 Å². The van der Waals surface area contributed by atoms with Crippen molar-refractivity contribution in [2.45, 2.75) is 6.42 Å². The van der Waals surface area contributed by atoms with Crippen LogP contribution < -0.4 is 15.0 Å². The van der Waals surface area contributed by atoms with Crippen LogP contribution >= 0.6 is 11.8 Å². The molecule has 6 heteroatoms. The monoisotopic (exact) mass is 384 g/mol. The Balaban J connectivity index is 1.68. The first kappa shape index (κ1) is 19.3. The van der Waals surface area contributed by atoms with E-state index >= 15 is 0 Å². The first-order valence-electron chi connectivity index (χ1n) is 8.91. The standard InChI is InChI=1S/C21H24N2O3S/c1-26-18-10-8-16(9-11-18)22-20(24)12-19-15(14-27-2)13-23(21(19)25)17-6-4-3-5-7-17/h3-11,15,19H,12-14H2,1-2H3,(H,22,24). The number of nitrogens with one attached hydrogen (secondary N) is 1. The fraction of sp³-hybridized carbons (Fsp3) is 0.333. The van der Waals surface area contributed by atoms with Crippen LogP contribution in [0.3, 0.4) is 0 Å². The van der Waals surface area contributed by atoms with E-state index in [1.165, 1.54) is 0 Å². The van der Waals surface area contributed by atoms with Gasteiger partial charge in [0.15, 0.2) is 0 Å². The van der Waals surface area contributed by atoms with Crippen molar-refractivity contribution in [1.82, 2.24) is 0 Å². The Hall–Kier alpha value is -2.47. The van der Waals surface area contributed by atoms with Crippen LogP contribution in [0.25, 0.3) is 0 Å². The van der Waals surface area contributed by atoms with Crippen molar-refractivity contribution >= 4 is 35.0 Å². The van der Waals surface area contributed by atoms with Crippen molar-refractivity contribution in [3.8, 4) is 5.75 Å². The molecule has 0 radical (unpaired) electrons. The molecule has 27 heavy (non-hydrogen) atoms. The summed E-state index contributed by atoms with van der Waals surface area (Å²) in [6.45, 7) is 0.657. The smallest absolute Gasteiger partial charge is 0.231 e. The van der Waals surface area contributed by atoms with Crippen LogP contribution in [-0.2, 0) is 9.59 Å². The minimum atomic E-state index is -0.295. The zero-order chi connectivity index (χ0) is 19.2. The quantitative estimate of drug-likeness (QED) is 0.791. The Bertz CT molecular complexity index is 780. The number of carbonyl (C=O) groups is 2. The number of benzene rings is 2. The molecule has 2 atom stereocenters. The minimum absolute atomic E-state index is 0.0325. The van der Waals surface area contributed by atoms with Crippen molar-refractivity contribution in [3.63, 3.8) is 0 Å². The van der Waals surface area contributed by atoms with E-state index < -0.39 is 0 Å². The second-order valence-corrected chi connectivity index (χ2v) is 7.50. The van der Waals surface area contributed by atoms with E-state index in [2.05, 4.69) is 5.32 Å². The van der Waals surface area contributed by atoms with Crippen molar-refractivity contribution in [2.24, 2.45) is 11.8 Å². The molecule has 0 saturated carbocycles. The molecule has 5 nitrogen and oxygen atoms in total. The van der Waals surface area contributed by atoms with Gasteiger partial charge in [0.05, 0.1) is 13.0 Å². The maximum Gasteiger partial charge on any atom is 0.231 e. The number of para-hydroxylation sites is 1. The molecule has 0 aliphatic carbocycles. The molecule has 0 spiro atoms. The maximum absolute atomic E-state index is 13.0. The lowest BCUT2D eigenvalue weighted by Gasteiger charge is -2.16. The topological polar surface area (TPSA) is 58.6 Å². The predicted molar refractivity (Wildman–Crippen MR) is 110 cm³/mol. The average molecular weight is 385 g/mol. The van der Waals surface area contributed by atoms with Gasteiger partial charge in [0.1, 0.15) is 5.75 Å². The van der Waals surface area contributed by atoms with E-state index in [-0.39, 0.29) is 30.1 Å². The van der Waals surface area contributed by atoms with Gasteiger partial charge in [-0.2, -0.15) is 11.8 Å². The fourth-order valence-corrected chi connectivity index (χ4v) is 4.18. The van der Waals surface area contributed by atoms with Gasteiger partial charge in [0, 0.05) is 24.3 Å². The number of rotatable bonds is 7. The summed E-state index contributed by atoms with van der Waals surface area (Å²) in [5.74, 6) is 1.35. The van der Waals surface area contributed by atoms with E-state index in [1.807, 2.05) is 41.5 Å². The molecular formula is C21H24N2O3S. The number of ether oxygens (including phenoxy) is 1. The highest BCUT2D eigenvalue weighted by Crippen LogP contribution is 2.33. The van der Waals surface area contributed by atoms with Crippen molar-refractivity contribution in [2.75, 3.05) is 35.9 Å². The predicted octanol–water partition coefficient (Wildman–Crippen LogP) is 3.67. The van der Waals surface area contributed by atoms with Gasteiger partial charge in [-0.1, -0.05) is 18.2 Å². The molecule has 3 rings (SSSR count). The van der Waals surface area contributed by atoms with Gasteiger partial charge in [-0.3, -0.25) is 9.59 Å². The van der Waals surface area contributed by atoms with Crippen LogP contribution in [-0.4, -0.2) is 37.5 Å². The molecular weight excluding hydrogens is 360 g/mol. The fourth-order valence-electron chi connectivity index (χ4n) is 3.42. The molecule has 2 aromatic carbocycles. The van der Waals surface area contributed by atoms with E-state index in [4.69, 9.17) is 4.74 Å². The largest absolute Gasteiger partial charge is 0.497 e. The number of carbonyl (C=O) groups excluding carboxylic acids is 2. The third kappa shape index (κ3) is 4.63. The SMILES string of the molecule is COc1ccc(NC(=O)CC2C(=O)N(c3ccccc3)CC2CSC)cc1. The summed E-state index contributed by atoms with van der Waals surface area (Å²) in [4.78, 5) is 27.3. The maximum atomic E-state index is 13.0. The summed E-state index contributed by atoms with van der Waals surface area (Å²) in [5.41, 5.74) is 1.60. The first-order chi connectivity index (χ1) is 13.1. The van der Waals surface area contributed by atoms with Gasteiger partial charge in [0.25, 0.3) is 0 Å². The lowest BCUT2D eigenvalue weighted by molar-refractivity contribution is -0.125. The summed E-state index contributed by atoms with van der Waals surface area (Å²) in [6, 6.07) is 16.8. The summed E-state index contributed by atoms with van der Waals surface area (Å²) in [6.07, 6.45) is 2.23. The molecule has 2 amide bonds. The molecule has 1 saturated heterocycles. The molecule has 1 fully saturated rings. The Morgan fingerprint density at radius 2 is 1.89 bits per heavy atom. The van der Waals surface area contributed by atoms with Gasteiger partial charge >= 0.3 is 0 Å². The summed E-state index contributed by atoms with van der Waals surface area (Å²) < 4.78 is 5.13. The normalized spacial score (nSPS) is 19.2. The van der Waals surface area contributed by atoms with Crippen LogP contribution in [0.5, 0.6) is 5.75 Å². The van der Waals surface area contributed by atoms with Gasteiger partial charge in [-0.25, -0.2) is 0 Å². The lowest BCUT2D eigenvalue weighted by atomic mass is 9.93. The lowest BCUT2D eigenvalue weighted by Crippen LogP contribution is -2.29. The number of anilines is 2. The van der Waals surface area contributed by atoms with Crippen molar-refractivity contribution < 1.29 is 14.3 Å². The Morgan fingerprint density at radius 3 is 2.52 bits per heavy atom. The van der Waals surface area contributed by atoms with Crippen LogP contribution in [0.2, 0.25) is 0 Å². The molecule has 0 aromatic heterocycles. The van der Waals surface area contributed by atoms with E-state index in [0.717, 1.165) is 17.2 Å². The molecule has 142 valence electrons. The molecule has 1 heterocycles. The Labute approximate surface area is 164 Å². The second-order valence-electron chi connectivity index (χ2n) is 6.59. The third-order valence-electron chi connectivity index (χ3n) is 4.80. The number of nitrogens with zero attached hydrogens (tertiary/aromatic N) is 1. The summed E-state index contributed by atoms with van der Waals surface area (Å²) in [5, 5.41) is 2.89. The number of amides is 2. The minimum Gasteiger partial charge on any atom is -0.497 e. The molecule has 1 aliphatic rings. The average Bonchev–Trinajstić information content (AvgIpc) is 2.99. The third-order valence-corrected chi connectivity index (χ3v) is 5.56. The molecule has 1 N–H and O–H groups in total. The summed E-state index contributed by atoms with van der Waals surface area (Å²) in [7, 11) is 1.60. The Morgan fingerprint density at radius 1 is 1.19 bits per heavy atom. The number of hydrogen-bond donors (Lipinski definition) is 1. The van der Waals surface area contributed by atoms with Crippen LogP contribution in [0.1, 0.15) is 6.42 Å². The molecule has 1 aliphatic heterocycles. The van der Waals surface area contributed by atoms with E-state index in [0.29, 0.717) is 12.2 Å². The van der Waals surface area contributed by atoms with Gasteiger partial charge in [0.2, 0.25) is 11.8 Å². The number of methoxy groups -OCH3 is 1. The van der Waals surface area contributed by atoms with Gasteiger partial charge in [-0.15, -0.1) is 0 Å². The highest BCUT2D eigenvalue weighted by Gasteiger charge is 2.41. The zero-order valence-electron chi connectivity index (χ0n) is 15.6. The first-order valence-corrected chi connectivity index (χ1v) is 10.3. The van der Waals surface area contributed by atoms with Crippen LogP contribution in [0, 0.1) is 11.8 Å². The molecule has 0 bridgehead atoms. The molecule has 2 aromatic rings.